The van der Waals surface area contributed by atoms with Crippen LogP contribution in [-0.4, -0.2) is 35.8 Å². The van der Waals surface area contributed by atoms with Crippen LogP contribution in [0.2, 0.25) is 0 Å². The van der Waals surface area contributed by atoms with E-state index in [1.807, 2.05) is 0 Å². The van der Waals surface area contributed by atoms with Crippen molar-refractivity contribution in [2.24, 2.45) is 0 Å². The van der Waals surface area contributed by atoms with Gasteiger partial charge in [-0.15, -0.1) is 0 Å². The second-order valence-corrected chi connectivity index (χ2v) is 6.92. The Labute approximate surface area is 137 Å². The maximum Gasteiger partial charge on any atom is 0.299 e. The molecule has 0 saturated heterocycles. The number of rotatable bonds is 7. The number of hydrogen-bond acceptors (Lipinski definition) is 5. The van der Waals surface area contributed by atoms with Gasteiger partial charge in [0.15, 0.2) is 11.5 Å². The Morgan fingerprint density at radius 3 is 2.00 bits per heavy atom. The third-order valence-electron chi connectivity index (χ3n) is 3.84. The molecule has 2 N–H and O–H groups in total. The SMILES string of the molecule is COc1cc(NS(=O)(=O)NC2CCCCC2)cc(OC)c1OC. The summed E-state index contributed by atoms with van der Waals surface area (Å²) in [5.74, 6) is 1.20. The van der Waals surface area contributed by atoms with E-state index in [1.165, 1.54) is 27.8 Å². The quantitative estimate of drug-likeness (QED) is 0.793. The summed E-state index contributed by atoms with van der Waals surface area (Å²) < 4.78 is 45.5. The molecule has 8 heteroatoms. The summed E-state index contributed by atoms with van der Waals surface area (Å²) in [5.41, 5.74) is 0.350. The first kappa shape index (κ1) is 17.7. The Morgan fingerprint density at radius 1 is 0.957 bits per heavy atom. The molecule has 0 amide bonds. The van der Waals surface area contributed by atoms with E-state index in [-0.39, 0.29) is 6.04 Å². The molecule has 0 heterocycles. The van der Waals surface area contributed by atoms with Gasteiger partial charge in [0.05, 0.1) is 27.0 Å². The van der Waals surface area contributed by atoms with Gasteiger partial charge in [0.1, 0.15) is 0 Å². The number of hydrogen-bond donors (Lipinski definition) is 2. The van der Waals surface area contributed by atoms with Crippen molar-refractivity contribution in [3.8, 4) is 17.2 Å². The summed E-state index contributed by atoms with van der Waals surface area (Å²) in [6, 6.07) is 3.10. The molecule has 0 aromatic heterocycles. The molecule has 0 spiro atoms. The Bertz CT molecular complexity index is 602. The van der Waals surface area contributed by atoms with E-state index in [4.69, 9.17) is 14.2 Å². The Balaban J connectivity index is 2.17. The predicted octanol–water partition coefficient (Wildman–Crippen LogP) is 2.29. The molecule has 1 aromatic rings. The van der Waals surface area contributed by atoms with Gasteiger partial charge in [-0.1, -0.05) is 19.3 Å². The largest absolute Gasteiger partial charge is 0.493 e. The molecule has 1 aliphatic rings. The molecular formula is C15H24N2O5S. The van der Waals surface area contributed by atoms with E-state index in [9.17, 15) is 8.42 Å². The molecule has 0 atom stereocenters. The van der Waals surface area contributed by atoms with Gasteiger partial charge in [-0.05, 0) is 12.8 Å². The molecule has 2 rings (SSSR count). The van der Waals surface area contributed by atoms with Crippen LogP contribution in [0.15, 0.2) is 12.1 Å². The lowest BCUT2D eigenvalue weighted by molar-refractivity contribution is 0.324. The zero-order chi connectivity index (χ0) is 16.9. The highest BCUT2D eigenvalue weighted by atomic mass is 32.2. The Kier molecular flexibility index (Phi) is 5.95. The molecular weight excluding hydrogens is 320 g/mol. The van der Waals surface area contributed by atoms with Gasteiger partial charge in [-0.2, -0.15) is 13.1 Å². The van der Waals surface area contributed by atoms with Crippen molar-refractivity contribution in [1.82, 2.24) is 4.72 Å². The van der Waals surface area contributed by atoms with Crippen molar-refractivity contribution < 1.29 is 22.6 Å². The molecule has 0 radical (unpaired) electrons. The predicted molar refractivity (Wildman–Crippen MR) is 88.6 cm³/mol. The minimum atomic E-state index is -3.66. The zero-order valence-corrected chi connectivity index (χ0v) is 14.5. The second-order valence-electron chi connectivity index (χ2n) is 5.47. The van der Waals surface area contributed by atoms with E-state index < -0.39 is 10.2 Å². The fraction of sp³-hybridized carbons (Fsp3) is 0.600. The summed E-state index contributed by atoms with van der Waals surface area (Å²) in [4.78, 5) is 0. The van der Waals surface area contributed by atoms with E-state index in [1.54, 1.807) is 12.1 Å². The fourth-order valence-electron chi connectivity index (χ4n) is 2.76. The van der Waals surface area contributed by atoms with Crippen molar-refractivity contribution in [2.75, 3.05) is 26.1 Å². The van der Waals surface area contributed by atoms with Crippen LogP contribution in [0, 0.1) is 0 Å². The van der Waals surface area contributed by atoms with Gasteiger partial charge in [-0.25, -0.2) is 0 Å². The van der Waals surface area contributed by atoms with E-state index in [0.717, 1.165) is 25.7 Å². The van der Waals surface area contributed by atoms with Crippen LogP contribution in [0.3, 0.4) is 0 Å². The van der Waals surface area contributed by atoms with E-state index >= 15 is 0 Å². The summed E-state index contributed by atoms with van der Waals surface area (Å²) in [6.45, 7) is 0. The number of benzene rings is 1. The normalized spacial score (nSPS) is 16.0. The maximum absolute atomic E-state index is 12.3. The van der Waals surface area contributed by atoms with Gasteiger partial charge in [-0.3, -0.25) is 4.72 Å². The van der Waals surface area contributed by atoms with Crippen LogP contribution in [0.25, 0.3) is 0 Å². The second kappa shape index (κ2) is 7.74. The van der Waals surface area contributed by atoms with Crippen LogP contribution in [0.4, 0.5) is 5.69 Å². The average molecular weight is 344 g/mol. The fourth-order valence-corrected chi connectivity index (χ4v) is 3.93. The minimum absolute atomic E-state index is 0.0108. The lowest BCUT2D eigenvalue weighted by atomic mass is 9.96. The third-order valence-corrected chi connectivity index (χ3v) is 4.99. The Morgan fingerprint density at radius 2 is 1.52 bits per heavy atom. The first-order chi connectivity index (χ1) is 11.0. The topological polar surface area (TPSA) is 85.9 Å². The van der Waals surface area contributed by atoms with Crippen LogP contribution in [0.1, 0.15) is 32.1 Å². The average Bonchev–Trinajstić information content (AvgIpc) is 2.53. The zero-order valence-electron chi connectivity index (χ0n) is 13.7. The highest BCUT2D eigenvalue weighted by Crippen LogP contribution is 2.40. The summed E-state index contributed by atoms with van der Waals surface area (Å²) in [7, 11) is 0.803. The smallest absolute Gasteiger partial charge is 0.299 e. The van der Waals surface area contributed by atoms with Crippen molar-refractivity contribution in [3.05, 3.63) is 12.1 Å². The number of nitrogens with one attached hydrogen (secondary N) is 2. The third kappa shape index (κ3) is 4.65. The van der Waals surface area contributed by atoms with E-state index in [0.29, 0.717) is 22.9 Å². The summed E-state index contributed by atoms with van der Waals surface area (Å²) in [5, 5.41) is 0. The highest BCUT2D eigenvalue weighted by molar-refractivity contribution is 7.90. The lowest BCUT2D eigenvalue weighted by Crippen LogP contribution is -2.39. The molecule has 1 fully saturated rings. The minimum Gasteiger partial charge on any atom is -0.493 e. The van der Waals surface area contributed by atoms with Crippen LogP contribution >= 0.6 is 0 Å². The number of methoxy groups -OCH3 is 3. The number of ether oxygens (including phenoxy) is 3. The maximum atomic E-state index is 12.3. The number of anilines is 1. The molecule has 23 heavy (non-hydrogen) atoms. The van der Waals surface area contributed by atoms with Gasteiger partial charge in [0.2, 0.25) is 5.75 Å². The molecule has 1 aliphatic carbocycles. The summed E-state index contributed by atoms with van der Waals surface area (Å²) >= 11 is 0. The first-order valence-corrected chi connectivity index (χ1v) is 9.07. The molecule has 0 bridgehead atoms. The van der Waals surface area contributed by atoms with Crippen LogP contribution < -0.4 is 23.7 Å². The van der Waals surface area contributed by atoms with Crippen LogP contribution in [-0.2, 0) is 10.2 Å². The van der Waals surface area contributed by atoms with Gasteiger partial charge in [0.25, 0.3) is 10.2 Å². The summed E-state index contributed by atoms with van der Waals surface area (Å²) in [6.07, 6.45) is 5.01. The van der Waals surface area contributed by atoms with Crippen LogP contribution in [0.5, 0.6) is 17.2 Å². The molecule has 7 nitrogen and oxygen atoms in total. The molecule has 1 saturated carbocycles. The standard InChI is InChI=1S/C15H24N2O5S/c1-20-13-9-12(10-14(21-2)15(13)22-3)17-23(18,19)16-11-7-5-4-6-8-11/h9-11,16-17H,4-8H2,1-3H3. The van der Waals surface area contributed by atoms with E-state index in [2.05, 4.69) is 9.44 Å². The highest BCUT2D eigenvalue weighted by Gasteiger charge is 2.21. The lowest BCUT2D eigenvalue weighted by Gasteiger charge is -2.23. The van der Waals surface area contributed by atoms with Crippen molar-refractivity contribution in [3.63, 3.8) is 0 Å². The van der Waals surface area contributed by atoms with Crippen molar-refractivity contribution in [1.29, 1.82) is 0 Å². The first-order valence-electron chi connectivity index (χ1n) is 7.59. The molecule has 130 valence electrons. The Hall–Kier alpha value is -1.67. The molecule has 0 unspecified atom stereocenters. The molecule has 1 aromatic carbocycles. The van der Waals surface area contributed by atoms with Crippen molar-refractivity contribution in [2.45, 2.75) is 38.1 Å². The van der Waals surface area contributed by atoms with Gasteiger partial charge < -0.3 is 14.2 Å². The van der Waals surface area contributed by atoms with Gasteiger partial charge in [0, 0.05) is 18.2 Å². The van der Waals surface area contributed by atoms with Gasteiger partial charge >= 0.3 is 0 Å². The molecule has 0 aliphatic heterocycles. The monoisotopic (exact) mass is 344 g/mol. The van der Waals surface area contributed by atoms with Crippen molar-refractivity contribution >= 4 is 15.9 Å².